The van der Waals surface area contributed by atoms with Crippen molar-refractivity contribution < 1.29 is 14.2 Å². The van der Waals surface area contributed by atoms with E-state index in [1.165, 1.54) is 11.1 Å². The molecule has 0 spiro atoms. The second-order valence-corrected chi connectivity index (χ2v) is 6.66. The van der Waals surface area contributed by atoms with Crippen LogP contribution in [-0.2, 0) is 6.54 Å². The van der Waals surface area contributed by atoms with E-state index in [9.17, 15) is 0 Å². The number of hydrogen-bond donors (Lipinski definition) is 2. The SMILES string of the molecule is CN=C(NCc1cc(OC)c(OC)c(OC)c1)NCC(C)c1cccc(C)c1. The Bertz CT molecular complexity index is 780. The summed E-state index contributed by atoms with van der Waals surface area (Å²) in [4.78, 5) is 4.31. The Balaban J connectivity index is 1.98. The van der Waals surface area contributed by atoms with Gasteiger partial charge in [0.05, 0.1) is 21.3 Å². The molecule has 0 heterocycles. The molecule has 6 heteroatoms. The molecule has 0 fully saturated rings. The van der Waals surface area contributed by atoms with Gasteiger partial charge in [0, 0.05) is 20.1 Å². The first-order chi connectivity index (χ1) is 13.5. The van der Waals surface area contributed by atoms with Crippen LogP contribution in [0.4, 0.5) is 0 Å². The molecule has 0 aliphatic carbocycles. The first-order valence-electron chi connectivity index (χ1n) is 9.32. The predicted octanol–water partition coefficient (Wildman–Crippen LogP) is 3.49. The number of methoxy groups -OCH3 is 3. The van der Waals surface area contributed by atoms with Crippen molar-refractivity contribution in [3.63, 3.8) is 0 Å². The van der Waals surface area contributed by atoms with Crippen molar-refractivity contribution in [1.29, 1.82) is 0 Å². The van der Waals surface area contributed by atoms with Crippen molar-refractivity contribution in [2.24, 2.45) is 4.99 Å². The van der Waals surface area contributed by atoms with Gasteiger partial charge in [0.2, 0.25) is 5.75 Å². The second-order valence-electron chi connectivity index (χ2n) is 6.66. The monoisotopic (exact) mass is 385 g/mol. The Kier molecular flexibility index (Phi) is 7.99. The summed E-state index contributed by atoms with van der Waals surface area (Å²) in [5.41, 5.74) is 3.59. The van der Waals surface area contributed by atoms with E-state index in [4.69, 9.17) is 14.2 Å². The molecule has 0 aromatic heterocycles. The zero-order valence-electron chi connectivity index (χ0n) is 17.6. The molecule has 0 saturated carbocycles. The van der Waals surface area contributed by atoms with Gasteiger partial charge in [-0.3, -0.25) is 4.99 Å². The van der Waals surface area contributed by atoms with E-state index in [-0.39, 0.29) is 0 Å². The average molecular weight is 386 g/mol. The number of guanidine groups is 1. The fourth-order valence-electron chi connectivity index (χ4n) is 2.99. The standard InChI is InChI=1S/C22H31N3O3/c1-15-8-7-9-18(10-15)16(2)13-24-22(23-3)25-14-17-11-19(26-4)21(28-6)20(12-17)27-5/h7-12,16H,13-14H2,1-6H3,(H2,23,24,25). The van der Waals surface area contributed by atoms with Crippen LogP contribution < -0.4 is 24.8 Å². The maximum absolute atomic E-state index is 5.41. The van der Waals surface area contributed by atoms with Crippen LogP contribution >= 0.6 is 0 Å². The zero-order chi connectivity index (χ0) is 20.5. The van der Waals surface area contributed by atoms with Gasteiger partial charge in [-0.1, -0.05) is 36.8 Å². The number of nitrogens with one attached hydrogen (secondary N) is 2. The molecule has 28 heavy (non-hydrogen) atoms. The predicted molar refractivity (Wildman–Crippen MR) is 114 cm³/mol. The van der Waals surface area contributed by atoms with Gasteiger partial charge in [-0.25, -0.2) is 0 Å². The highest BCUT2D eigenvalue weighted by Gasteiger charge is 2.13. The molecule has 2 aromatic rings. The summed E-state index contributed by atoms with van der Waals surface area (Å²) in [6, 6.07) is 12.4. The van der Waals surface area contributed by atoms with Gasteiger partial charge < -0.3 is 24.8 Å². The maximum Gasteiger partial charge on any atom is 0.203 e. The van der Waals surface area contributed by atoms with Gasteiger partial charge >= 0.3 is 0 Å². The normalized spacial score (nSPS) is 12.3. The van der Waals surface area contributed by atoms with Crippen molar-refractivity contribution in [2.45, 2.75) is 26.3 Å². The summed E-state index contributed by atoms with van der Waals surface area (Å²) < 4.78 is 16.2. The number of aliphatic imine (C=N–C) groups is 1. The van der Waals surface area contributed by atoms with E-state index in [2.05, 4.69) is 53.7 Å². The third-order valence-electron chi connectivity index (χ3n) is 4.59. The zero-order valence-corrected chi connectivity index (χ0v) is 17.6. The van der Waals surface area contributed by atoms with E-state index in [0.717, 1.165) is 18.1 Å². The summed E-state index contributed by atoms with van der Waals surface area (Å²) in [5, 5.41) is 6.72. The summed E-state index contributed by atoms with van der Waals surface area (Å²) in [6.45, 7) is 5.68. The molecule has 152 valence electrons. The molecule has 6 nitrogen and oxygen atoms in total. The number of rotatable bonds is 8. The van der Waals surface area contributed by atoms with E-state index >= 15 is 0 Å². The first kappa shape index (κ1) is 21.4. The average Bonchev–Trinajstić information content (AvgIpc) is 2.72. The van der Waals surface area contributed by atoms with Gasteiger partial charge in [-0.2, -0.15) is 0 Å². The third kappa shape index (κ3) is 5.55. The maximum atomic E-state index is 5.41. The number of hydrogen-bond acceptors (Lipinski definition) is 4. The Hall–Kier alpha value is -2.89. The van der Waals surface area contributed by atoms with Crippen LogP contribution in [-0.4, -0.2) is 40.9 Å². The highest BCUT2D eigenvalue weighted by molar-refractivity contribution is 5.79. The van der Waals surface area contributed by atoms with Gasteiger partial charge in [-0.15, -0.1) is 0 Å². The van der Waals surface area contributed by atoms with Gasteiger partial charge in [0.15, 0.2) is 17.5 Å². The molecule has 0 saturated heterocycles. The Morgan fingerprint density at radius 3 is 2.21 bits per heavy atom. The summed E-state index contributed by atoms with van der Waals surface area (Å²) >= 11 is 0. The smallest absolute Gasteiger partial charge is 0.203 e. The molecule has 0 radical (unpaired) electrons. The lowest BCUT2D eigenvalue weighted by Gasteiger charge is -2.18. The van der Waals surface area contributed by atoms with Crippen LogP contribution in [0.2, 0.25) is 0 Å². The van der Waals surface area contributed by atoms with Crippen LogP contribution in [0.5, 0.6) is 17.2 Å². The fraction of sp³-hybridized carbons (Fsp3) is 0.409. The Labute approximate surface area is 167 Å². The molecular formula is C22H31N3O3. The lowest BCUT2D eigenvalue weighted by molar-refractivity contribution is 0.323. The van der Waals surface area contributed by atoms with Crippen molar-refractivity contribution >= 4 is 5.96 Å². The lowest BCUT2D eigenvalue weighted by Crippen LogP contribution is -2.38. The number of ether oxygens (including phenoxy) is 3. The molecule has 1 atom stereocenters. The van der Waals surface area contributed by atoms with Crippen LogP contribution in [0.15, 0.2) is 41.4 Å². The quantitative estimate of drug-likeness (QED) is 0.538. The number of nitrogens with zero attached hydrogens (tertiary/aromatic N) is 1. The van der Waals surface area contributed by atoms with E-state index < -0.39 is 0 Å². The first-order valence-corrected chi connectivity index (χ1v) is 9.32. The molecule has 2 rings (SSSR count). The molecule has 2 N–H and O–H groups in total. The molecule has 0 aliphatic rings. The topological polar surface area (TPSA) is 64.1 Å². The van der Waals surface area contributed by atoms with Gasteiger partial charge in [0.25, 0.3) is 0 Å². The highest BCUT2D eigenvalue weighted by Crippen LogP contribution is 2.38. The van der Waals surface area contributed by atoms with Gasteiger partial charge in [-0.05, 0) is 36.1 Å². The van der Waals surface area contributed by atoms with Crippen molar-refractivity contribution in [1.82, 2.24) is 10.6 Å². The highest BCUT2D eigenvalue weighted by atomic mass is 16.5. The van der Waals surface area contributed by atoms with E-state index in [0.29, 0.717) is 29.7 Å². The van der Waals surface area contributed by atoms with Crippen molar-refractivity contribution in [2.75, 3.05) is 34.9 Å². The summed E-state index contributed by atoms with van der Waals surface area (Å²) in [5.74, 6) is 2.97. The minimum absolute atomic E-state index is 0.375. The third-order valence-corrected chi connectivity index (χ3v) is 4.59. The summed E-state index contributed by atoms with van der Waals surface area (Å²) in [6.07, 6.45) is 0. The number of aryl methyl sites for hydroxylation is 1. The molecular weight excluding hydrogens is 354 g/mol. The molecule has 0 aliphatic heterocycles. The van der Waals surface area contributed by atoms with Gasteiger partial charge in [0.1, 0.15) is 0 Å². The van der Waals surface area contributed by atoms with Crippen molar-refractivity contribution in [3.05, 3.63) is 53.1 Å². The Morgan fingerprint density at radius 1 is 1.00 bits per heavy atom. The molecule has 0 bridgehead atoms. The largest absolute Gasteiger partial charge is 0.493 e. The Morgan fingerprint density at radius 2 is 1.68 bits per heavy atom. The van der Waals surface area contributed by atoms with Crippen LogP contribution in [0.1, 0.15) is 29.5 Å². The molecule has 0 amide bonds. The second kappa shape index (κ2) is 10.4. The van der Waals surface area contributed by atoms with Crippen LogP contribution in [0, 0.1) is 6.92 Å². The molecule has 1 unspecified atom stereocenters. The number of benzene rings is 2. The minimum Gasteiger partial charge on any atom is -0.493 e. The fourth-order valence-corrected chi connectivity index (χ4v) is 2.99. The van der Waals surface area contributed by atoms with E-state index in [1.54, 1.807) is 28.4 Å². The summed E-state index contributed by atoms with van der Waals surface area (Å²) in [7, 11) is 6.59. The van der Waals surface area contributed by atoms with Crippen LogP contribution in [0.3, 0.4) is 0 Å². The molecule has 2 aromatic carbocycles. The minimum atomic E-state index is 0.375. The lowest BCUT2D eigenvalue weighted by atomic mass is 9.99. The van der Waals surface area contributed by atoms with Crippen molar-refractivity contribution in [3.8, 4) is 17.2 Å². The van der Waals surface area contributed by atoms with E-state index in [1.807, 2.05) is 12.1 Å². The van der Waals surface area contributed by atoms with Crippen LogP contribution in [0.25, 0.3) is 0 Å².